The Morgan fingerprint density at radius 3 is 2.00 bits per heavy atom. The van der Waals surface area contributed by atoms with Gasteiger partial charge in [0.1, 0.15) is 41.8 Å². The Balaban J connectivity index is 1.29. The van der Waals surface area contributed by atoms with Gasteiger partial charge in [0, 0.05) is 6.54 Å². The topological polar surface area (TPSA) is 99.5 Å². The van der Waals surface area contributed by atoms with Crippen molar-refractivity contribution < 1.29 is 41.3 Å². The van der Waals surface area contributed by atoms with Gasteiger partial charge in [-0.2, -0.15) is 13.2 Å². The number of benzene rings is 3. The van der Waals surface area contributed by atoms with Gasteiger partial charge in [-0.3, -0.25) is 9.21 Å². The predicted octanol–water partition coefficient (Wildman–Crippen LogP) is 5.81. The number of phenolic OH excluding ortho intramolecular Hbond substituents is 2. The second-order valence-corrected chi connectivity index (χ2v) is 13.7. The van der Waals surface area contributed by atoms with Gasteiger partial charge in [0.05, 0.1) is 11.8 Å². The number of alkyl halides is 3. The molecular formula is C33H35F3N2O6S. The molecule has 2 bridgehead atoms. The molecule has 0 aromatic heterocycles. The van der Waals surface area contributed by atoms with Crippen LogP contribution < -0.4 is 9.04 Å². The van der Waals surface area contributed by atoms with E-state index in [0.29, 0.717) is 38.9 Å². The van der Waals surface area contributed by atoms with Gasteiger partial charge in [-0.1, -0.05) is 30.7 Å². The van der Waals surface area contributed by atoms with Crippen LogP contribution in [0.4, 0.5) is 18.9 Å². The lowest BCUT2D eigenvalue weighted by Gasteiger charge is -2.32. The van der Waals surface area contributed by atoms with Crippen molar-refractivity contribution >= 4 is 26.9 Å². The molecule has 0 unspecified atom stereocenters. The number of likely N-dealkylation sites (tertiary alicyclic amines) is 1. The minimum atomic E-state index is -4.80. The number of hydrogen-bond donors (Lipinski definition) is 2. The summed E-state index contributed by atoms with van der Waals surface area (Å²) in [6.45, 7) is 1.49. The number of anilines is 1. The maximum atomic E-state index is 14.2. The zero-order valence-electron chi connectivity index (χ0n) is 24.5. The van der Waals surface area contributed by atoms with Crippen LogP contribution in [0.3, 0.4) is 0 Å². The van der Waals surface area contributed by atoms with Gasteiger partial charge in [0.2, 0.25) is 10.0 Å². The summed E-state index contributed by atoms with van der Waals surface area (Å²) < 4.78 is 82.4. The Morgan fingerprint density at radius 2 is 1.42 bits per heavy atom. The Labute approximate surface area is 260 Å². The van der Waals surface area contributed by atoms with E-state index in [-0.39, 0.29) is 23.6 Å². The summed E-state index contributed by atoms with van der Waals surface area (Å²) >= 11 is 0. The molecule has 3 aromatic carbocycles. The standard InChI is InChI=1S/C33H35F3N2O6S/c34-33(35,36)21-38(24-8-14-27(15-9-24)43-19-18-37-16-2-1-3-17-37)45(41,42)29-20-28-30(22-4-10-25(39)11-5-22)31(32(29)44-28)23-6-12-26(40)13-7-23/h4-15,28-29,32,39-40H,1-3,16-21H2/t28-,29+,32+/m0/s1. The molecule has 3 aliphatic heterocycles. The average molecular weight is 645 g/mol. The van der Waals surface area contributed by atoms with Gasteiger partial charge in [0.15, 0.2) is 0 Å². The lowest BCUT2D eigenvalue weighted by Crippen LogP contribution is -2.47. The quantitative estimate of drug-likeness (QED) is 0.287. The third-order valence-corrected chi connectivity index (χ3v) is 10.8. The molecule has 8 nitrogen and oxygen atoms in total. The molecule has 2 saturated heterocycles. The maximum absolute atomic E-state index is 14.2. The molecule has 6 rings (SSSR count). The fraction of sp³-hybridized carbons (Fsp3) is 0.394. The van der Waals surface area contributed by atoms with E-state index in [9.17, 15) is 31.8 Å². The van der Waals surface area contributed by atoms with Crippen molar-refractivity contribution in [3.63, 3.8) is 0 Å². The highest BCUT2D eigenvalue weighted by Crippen LogP contribution is 2.51. The molecule has 2 fully saturated rings. The Bertz CT molecular complexity index is 1620. The highest BCUT2D eigenvalue weighted by molar-refractivity contribution is 7.93. The predicted molar refractivity (Wildman–Crippen MR) is 165 cm³/mol. The molecule has 12 heteroatoms. The molecule has 0 saturated carbocycles. The second kappa shape index (κ2) is 12.6. The number of rotatable bonds is 10. The molecule has 2 N–H and O–H groups in total. The molecule has 3 heterocycles. The van der Waals surface area contributed by atoms with Crippen LogP contribution in [0, 0.1) is 0 Å². The van der Waals surface area contributed by atoms with Crippen LogP contribution in [0.2, 0.25) is 0 Å². The molecule has 3 atom stereocenters. The van der Waals surface area contributed by atoms with E-state index in [0.717, 1.165) is 32.5 Å². The molecule has 45 heavy (non-hydrogen) atoms. The number of piperidine rings is 1. The number of sulfonamides is 1. The van der Waals surface area contributed by atoms with Gasteiger partial charge in [-0.15, -0.1) is 0 Å². The number of nitrogens with zero attached hydrogens (tertiary/aromatic N) is 2. The monoisotopic (exact) mass is 644 g/mol. The van der Waals surface area contributed by atoms with Gasteiger partial charge in [0.25, 0.3) is 0 Å². The van der Waals surface area contributed by atoms with Gasteiger partial charge in [-0.25, -0.2) is 8.42 Å². The number of fused-ring (bicyclic) bond motifs is 2. The van der Waals surface area contributed by atoms with Crippen LogP contribution in [0.15, 0.2) is 72.8 Å². The minimum absolute atomic E-state index is 0.00838. The maximum Gasteiger partial charge on any atom is 0.407 e. The second-order valence-electron chi connectivity index (χ2n) is 11.7. The van der Waals surface area contributed by atoms with E-state index in [4.69, 9.17) is 9.47 Å². The SMILES string of the molecule is O=S(=O)([C@@H]1C[C@@H]2O[C@H]1C(c1ccc(O)cc1)=C2c1ccc(O)cc1)N(CC(F)(F)F)c1ccc(OCCN2CCCCC2)cc1. The van der Waals surface area contributed by atoms with Crippen LogP contribution in [0.5, 0.6) is 17.2 Å². The molecule has 0 radical (unpaired) electrons. The summed E-state index contributed by atoms with van der Waals surface area (Å²) in [6, 6.07) is 18.2. The van der Waals surface area contributed by atoms with Crippen LogP contribution in [-0.2, 0) is 14.8 Å². The number of phenols is 2. The van der Waals surface area contributed by atoms with Gasteiger partial charge < -0.3 is 19.7 Å². The summed E-state index contributed by atoms with van der Waals surface area (Å²) in [7, 11) is -4.61. The van der Waals surface area contributed by atoms with Crippen LogP contribution in [0.25, 0.3) is 11.1 Å². The fourth-order valence-electron chi connectivity index (χ4n) is 6.48. The first kappa shape index (κ1) is 31.3. The zero-order valence-corrected chi connectivity index (χ0v) is 25.3. The van der Waals surface area contributed by atoms with E-state index in [2.05, 4.69) is 4.90 Å². The van der Waals surface area contributed by atoms with Gasteiger partial charge in [-0.05, 0) is 103 Å². The summed E-state index contributed by atoms with van der Waals surface area (Å²) in [5.74, 6) is 0.504. The molecular weight excluding hydrogens is 609 g/mol. The van der Waals surface area contributed by atoms with Crippen molar-refractivity contribution in [2.24, 2.45) is 0 Å². The summed E-state index contributed by atoms with van der Waals surface area (Å²) in [5.41, 5.74) is 2.38. The number of ether oxygens (including phenoxy) is 2. The number of halogens is 3. The summed E-state index contributed by atoms with van der Waals surface area (Å²) in [5, 5.41) is 18.4. The van der Waals surface area contributed by atoms with E-state index in [1.54, 1.807) is 24.3 Å². The zero-order chi connectivity index (χ0) is 31.8. The first-order chi connectivity index (χ1) is 21.5. The number of aromatic hydroxyl groups is 2. The third kappa shape index (κ3) is 6.78. The third-order valence-electron chi connectivity index (χ3n) is 8.61. The van der Waals surface area contributed by atoms with Crippen molar-refractivity contribution in [2.75, 3.05) is 37.1 Å². The summed E-state index contributed by atoms with van der Waals surface area (Å²) in [4.78, 5) is 2.31. The number of hydrogen-bond acceptors (Lipinski definition) is 7. The van der Waals surface area contributed by atoms with E-state index < -0.39 is 40.2 Å². The Morgan fingerprint density at radius 1 is 0.844 bits per heavy atom. The van der Waals surface area contributed by atoms with Crippen molar-refractivity contribution in [1.29, 1.82) is 0 Å². The molecule has 240 valence electrons. The van der Waals surface area contributed by atoms with Crippen LogP contribution in [-0.4, -0.2) is 80.0 Å². The van der Waals surface area contributed by atoms with E-state index in [1.165, 1.54) is 55.0 Å². The lowest BCUT2D eigenvalue weighted by molar-refractivity contribution is -0.117. The first-order valence-electron chi connectivity index (χ1n) is 15.0. The highest BCUT2D eigenvalue weighted by atomic mass is 32.2. The Kier molecular flexibility index (Phi) is 8.73. The molecule has 3 aliphatic rings. The van der Waals surface area contributed by atoms with Crippen molar-refractivity contribution in [3.05, 3.63) is 83.9 Å². The van der Waals surface area contributed by atoms with Crippen LogP contribution in [0.1, 0.15) is 36.8 Å². The van der Waals surface area contributed by atoms with Crippen molar-refractivity contribution in [1.82, 2.24) is 4.90 Å². The summed E-state index contributed by atoms with van der Waals surface area (Å²) in [6.07, 6.45) is -3.09. The van der Waals surface area contributed by atoms with E-state index in [1.807, 2.05) is 0 Å². The lowest BCUT2D eigenvalue weighted by atomic mass is 9.83. The fourth-order valence-corrected chi connectivity index (χ4v) is 8.48. The van der Waals surface area contributed by atoms with E-state index >= 15 is 0 Å². The molecule has 0 spiro atoms. The van der Waals surface area contributed by atoms with Crippen LogP contribution >= 0.6 is 0 Å². The minimum Gasteiger partial charge on any atom is -0.508 e. The average Bonchev–Trinajstić information content (AvgIpc) is 3.61. The molecule has 3 aromatic rings. The molecule has 0 aliphatic carbocycles. The largest absolute Gasteiger partial charge is 0.508 e. The Hall–Kier alpha value is -3.74. The molecule has 0 amide bonds. The normalized spacial score (nSPS) is 22.2. The van der Waals surface area contributed by atoms with Crippen molar-refractivity contribution in [3.8, 4) is 17.2 Å². The first-order valence-corrected chi connectivity index (χ1v) is 16.5. The van der Waals surface area contributed by atoms with Gasteiger partial charge >= 0.3 is 6.18 Å². The smallest absolute Gasteiger partial charge is 0.407 e. The highest BCUT2D eigenvalue weighted by Gasteiger charge is 2.55. The van der Waals surface area contributed by atoms with Crippen molar-refractivity contribution in [2.45, 2.75) is 49.3 Å².